The average Bonchev–Trinajstić information content (AvgIpc) is 2.86. The van der Waals surface area contributed by atoms with Crippen molar-refractivity contribution >= 4 is 28.4 Å². The average molecular weight is 485 g/mol. The molecule has 0 aliphatic carbocycles. The summed E-state index contributed by atoms with van der Waals surface area (Å²) in [4.78, 5) is 14.1. The number of fused-ring (bicyclic) bond motifs is 1. The molecule has 4 aromatic rings. The highest BCUT2D eigenvalue weighted by Gasteiger charge is 2.22. The topological polar surface area (TPSA) is 61.4 Å². The first-order valence-electron chi connectivity index (χ1n) is 11.9. The van der Waals surface area contributed by atoms with Gasteiger partial charge in [0.1, 0.15) is 0 Å². The summed E-state index contributed by atoms with van der Waals surface area (Å²) in [5.41, 5.74) is 4.01. The van der Waals surface area contributed by atoms with Gasteiger partial charge in [-0.05, 0) is 54.4 Å². The molecule has 3 N–H and O–H groups in total. The number of hydrogen-bond acceptors (Lipinski definition) is 4. The van der Waals surface area contributed by atoms with Crippen molar-refractivity contribution in [3.8, 4) is 0 Å². The third-order valence-corrected chi connectivity index (χ3v) is 7.09. The number of carbonyl (C=O) groups excluding carboxylic acids is 1. The predicted molar refractivity (Wildman–Crippen MR) is 146 cm³/mol. The lowest BCUT2D eigenvalue weighted by Gasteiger charge is -2.25. The van der Waals surface area contributed by atoms with E-state index in [0.717, 1.165) is 10.5 Å². The first-order chi connectivity index (χ1) is 17.0. The third kappa shape index (κ3) is 7.18. The van der Waals surface area contributed by atoms with Gasteiger partial charge in [-0.3, -0.25) is 4.79 Å². The minimum Gasteiger partial charge on any atom is -0.390 e. The Balaban J connectivity index is 1.43. The lowest BCUT2D eigenvalue weighted by molar-refractivity contribution is 0.0854. The fourth-order valence-corrected chi connectivity index (χ4v) is 5.11. The fraction of sp³-hybridized carbons (Fsp3) is 0.233. The van der Waals surface area contributed by atoms with E-state index >= 15 is 0 Å². The number of rotatable bonds is 10. The normalized spacial score (nSPS) is 12.9. The van der Waals surface area contributed by atoms with Crippen molar-refractivity contribution in [2.75, 3.05) is 12.3 Å². The van der Waals surface area contributed by atoms with Gasteiger partial charge in [-0.25, -0.2) is 0 Å². The first kappa shape index (κ1) is 25.0. The van der Waals surface area contributed by atoms with E-state index in [2.05, 4.69) is 66.1 Å². The summed E-state index contributed by atoms with van der Waals surface area (Å²) in [6.45, 7) is 5.08. The molecule has 0 saturated heterocycles. The quantitative estimate of drug-likeness (QED) is 0.260. The van der Waals surface area contributed by atoms with Crippen LogP contribution in [-0.2, 0) is 6.54 Å². The molecule has 4 nitrogen and oxygen atoms in total. The lowest BCUT2D eigenvalue weighted by atomic mass is 10.1. The summed E-state index contributed by atoms with van der Waals surface area (Å²) >= 11 is 1.64. The van der Waals surface area contributed by atoms with Crippen molar-refractivity contribution in [3.05, 3.63) is 113 Å². The maximum Gasteiger partial charge on any atom is 0.251 e. The number of aliphatic hydroxyl groups is 1. The van der Waals surface area contributed by atoms with Crippen molar-refractivity contribution in [1.29, 1.82) is 0 Å². The Morgan fingerprint density at radius 2 is 1.60 bits per heavy atom. The Hall–Kier alpha value is -3.12. The molecule has 0 aliphatic heterocycles. The Morgan fingerprint density at radius 3 is 2.37 bits per heavy atom. The van der Waals surface area contributed by atoms with E-state index in [0.29, 0.717) is 24.4 Å². The SMILES string of the molecule is Cc1cccc(CNC[C@@H](O)[C@H](CSc2ccc3ccccc3c2)NC(=O)c2cccc(C)c2)c1. The van der Waals surface area contributed by atoms with Gasteiger partial charge in [-0.1, -0.05) is 77.9 Å². The van der Waals surface area contributed by atoms with E-state index in [4.69, 9.17) is 0 Å². The van der Waals surface area contributed by atoms with E-state index in [9.17, 15) is 9.90 Å². The summed E-state index contributed by atoms with van der Waals surface area (Å²) in [5.74, 6) is 0.388. The molecule has 0 bridgehead atoms. The largest absolute Gasteiger partial charge is 0.390 e. The van der Waals surface area contributed by atoms with Crippen LogP contribution in [0.2, 0.25) is 0 Å². The molecule has 0 aliphatic rings. The van der Waals surface area contributed by atoms with Gasteiger partial charge in [0.15, 0.2) is 0 Å². The Morgan fingerprint density at radius 1 is 0.857 bits per heavy atom. The smallest absolute Gasteiger partial charge is 0.251 e. The lowest BCUT2D eigenvalue weighted by Crippen LogP contribution is -2.49. The van der Waals surface area contributed by atoms with Crippen LogP contribution in [0.5, 0.6) is 0 Å². The monoisotopic (exact) mass is 484 g/mol. The van der Waals surface area contributed by atoms with Crippen LogP contribution in [0.1, 0.15) is 27.0 Å². The zero-order valence-corrected chi connectivity index (χ0v) is 21.0. The van der Waals surface area contributed by atoms with E-state index in [1.165, 1.54) is 21.9 Å². The predicted octanol–water partition coefficient (Wildman–Crippen LogP) is 5.50. The van der Waals surface area contributed by atoms with Crippen molar-refractivity contribution in [2.24, 2.45) is 0 Å². The molecule has 0 radical (unpaired) electrons. The highest BCUT2D eigenvalue weighted by Crippen LogP contribution is 2.25. The zero-order valence-electron chi connectivity index (χ0n) is 20.2. The van der Waals surface area contributed by atoms with E-state index in [-0.39, 0.29) is 5.91 Å². The molecule has 5 heteroatoms. The van der Waals surface area contributed by atoms with Crippen molar-refractivity contribution in [3.63, 3.8) is 0 Å². The number of aryl methyl sites for hydroxylation is 2. The van der Waals surface area contributed by atoms with Crippen LogP contribution in [-0.4, -0.2) is 35.5 Å². The van der Waals surface area contributed by atoms with Crippen molar-refractivity contribution in [1.82, 2.24) is 10.6 Å². The van der Waals surface area contributed by atoms with E-state index < -0.39 is 12.1 Å². The van der Waals surface area contributed by atoms with Crippen LogP contribution < -0.4 is 10.6 Å². The molecule has 2 atom stereocenters. The van der Waals surface area contributed by atoms with Crippen molar-refractivity contribution in [2.45, 2.75) is 37.4 Å². The van der Waals surface area contributed by atoms with Gasteiger partial charge in [-0.15, -0.1) is 11.8 Å². The molecule has 0 spiro atoms. The molecule has 180 valence electrons. The number of aliphatic hydroxyl groups excluding tert-OH is 1. The molecule has 0 saturated carbocycles. The highest BCUT2D eigenvalue weighted by atomic mass is 32.2. The number of thioether (sulfide) groups is 1. The van der Waals surface area contributed by atoms with Crippen LogP contribution in [0.3, 0.4) is 0 Å². The van der Waals surface area contributed by atoms with Gasteiger partial charge in [0.2, 0.25) is 0 Å². The summed E-state index contributed by atoms with van der Waals surface area (Å²) in [7, 11) is 0. The van der Waals surface area contributed by atoms with E-state index in [1.54, 1.807) is 17.8 Å². The fourth-order valence-electron chi connectivity index (χ4n) is 4.06. The van der Waals surface area contributed by atoms with Gasteiger partial charge in [0.05, 0.1) is 12.1 Å². The van der Waals surface area contributed by atoms with Crippen LogP contribution in [0.15, 0.2) is 95.9 Å². The molecule has 1 amide bonds. The van der Waals surface area contributed by atoms with Crippen LogP contribution in [0.4, 0.5) is 0 Å². The second-order valence-corrected chi connectivity index (χ2v) is 10.1. The van der Waals surface area contributed by atoms with Crippen LogP contribution in [0, 0.1) is 13.8 Å². The molecular formula is C30H32N2O2S. The van der Waals surface area contributed by atoms with Crippen LogP contribution >= 0.6 is 11.8 Å². The molecule has 4 aromatic carbocycles. The van der Waals surface area contributed by atoms with Gasteiger partial charge >= 0.3 is 0 Å². The Labute approximate surface area is 211 Å². The number of nitrogens with one attached hydrogen (secondary N) is 2. The summed E-state index contributed by atoms with van der Waals surface area (Å²) < 4.78 is 0. The molecule has 0 fully saturated rings. The molecule has 0 aromatic heterocycles. The van der Waals surface area contributed by atoms with Gasteiger partial charge < -0.3 is 15.7 Å². The second kappa shape index (κ2) is 12.0. The first-order valence-corrected chi connectivity index (χ1v) is 12.9. The molecule has 4 rings (SSSR count). The van der Waals surface area contributed by atoms with Crippen LogP contribution in [0.25, 0.3) is 10.8 Å². The summed E-state index contributed by atoms with van der Waals surface area (Å²) in [6, 6.07) is 30.0. The Bertz CT molecular complexity index is 1290. The standard InChI is InChI=1S/C30H32N2O2S/c1-21-7-5-9-23(15-21)18-31-19-29(33)28(32-30(34)26-12-6-8-22(2)16-26)20-35-27-14-13-24-10-3-4-11-25(24)17-27/h3-17,28-29,31,33H,18-20H2,1-2H3,(H,32,34)/t28-,29+/m0/s1. The van der Waals surface area contributed by atoms with Gasteiger partial charge in [0.25, 0.3) is 5.91 Å². The number of hydrogen-bond donors (Lipinski definition) is 3. The molecule has 35 heavy (non-hydrogen) atoms. The zero-order chi connectivity index (χ0) is 24.6. The minimum atomic E-state index is -0.735. The number of benzene rings is 4. The summed E-state index contributed by atoms with van der Waals surface area (Å²) in [6.07, 6.45) is -0.735. The number of amides is 1. The minimum absolute atomic E-state index is 0.171. The van der Waals surface area contributed by atoms with Gasteiger partial charge in [0, 0.05) is 29.3 Å². The molecule has 0 heterocycles. The third-order valence-electron chi connectivity index (χ3n) is 5.98. The second-order valence-electron chi connectivity index (χ2n) is 8.96. The maximum absolute atomic E-state index is 13.0. The molecule has 0 unspecified atom stereocenters. The van der Waals surface area contributed by atoms with Crippen molar-refractivity contribution < 1.29 is 9.90 Å². The van der Waals surface area contributed by atoms with E-state index in [1.807, 2.05) is 43.3 Å². The number of carbonyl (C=O) groups is 1. The summed E-state index contributed by atoms with van der Waals surface area (Å²) in [5, 5.41) is 19.8. The Kier molecular flexibility index (Phi) is 8.59. The van der Waals surface area contributed by atoms with Gasteiger partial charge in [-0.2, -0.15) is 0 Å². The maximum atomic E-state index is 13.0. The molecular weight excluding hydrogens is 452 g/mol. The highest BCUT2D eigenvalue weighted by molar-refractivity contribution is 7.99.